The van der Waals surface area contributed by atoms with Crippen LogP contribution in [0, 0.1) is 17.0 Å². The van der Waals surface area contributed by atoms with Crippen molar-refractivity contribution in [2.24, 2.45) is 5.41 Å². The van der Waals surface area contributed by atoms with Gasteiger partial charge in [-0.15, -0.1) is 0 Å². The van der Waals surface area contributed by atoms with Crippen LogP contribution in [0.15, 0.2) is 53.1 Å². The molecule has 184 valence electrons. The first-order valence-electron chi connectivity index (χ1n) is 11.2. The normalized spacial score (nSPS) is 12.7. The molecule has 0 radical (unpaired) electrons. The molecule has 0 amide bonds. The van der Waals surface area contributed by atoms with Gasteiger partial charge in [-0.25, -0.2) is 9.18 Å². The smallest absolute Gasteiger partial charge is 0.494 e. The number of carbonyl (C=O) groups is 1. The maximum absolute atomic E-state index is 14.8. The van der Waals surface area contributed by atoms with Gasteiger partial charge in [0.15, 0.2) is 17.3 Å². The third kappa shape index (κ3) is 4.99. The molecule has 0 saturated carbocycles. The van der Waals surface area contributed by atoms with Gasteiger partial charge in [-0.2, -0.15) is 4.39 Å². The Morgan fingerprint density at radius 3 is 2.63 bits per heavy atom. The molecule has 1 aliphatic rings. The second-order valence-electron chi connectivity index (χ2n) is 8.66. The average molecular weight is 485 g/mol. The quantitative estimate of drug-likeness (QED) is 0.293. The molecule has 0 N–H and O–H groups in total. The Balaban J connectivity index is 1.65. The number of allylic oxidation sites excluding steroid dienone is 1. The molecule has 0 unspecified atom stereocenters. The Hall–Kier alpha value is -3.88. The van der Waals surface area contributed by atoms with Crippen LogP contribution in [-0.4, -0.2) is 23.9 Å². The molecule has 0 aliphatic carbocycles. The molecule has 0 saturated heterocycles. The van der Waals surface area contributed by atoms with Crippen LogP contribution in [0.4, 0.5) is 13.6 Å². The van der Waals surface area contributed by atoms with Gasteiger partial charge in [0.25, 0.3) is 0 Å². The van der Waals surface area contributed by atoms with Crippen molar-refractivity contribution >= 4 is 23.3 Å². The zero-order chi connectivity index (χ0) is 25.2. The molecule has 0 spiro atoms. The number of aromatic nitrogens is 1. The Labute approximate surface area is 200 Å². The van der Waals surface area contributed by atoms with Gasteiger partial charge in [0.05, 0.1) is 24.8 Å². The van der Waals surface area contributed by atoms with E-state index in [9.17, 15) is 18.4 Å². The lowest BCUT2D eigenvalue weighted by atomic mass is 9.85. The second-order valence-corrected chi connectivity index (χ2v) is 8.66. The molecular weight excluding hydrogens is 460 g/mol. The highest BCUT2D eigenvalue weighted by atomic mass is 19.2. The van der Waals surface area contributed by atoms with Crippen molar-refractivity contribution in [1.29, 1.82) is 0 Å². The fourth-order valence-electron chi connectivity index (χ4n) is 3.83. The summed E-state index contributed by atoms with van der Waals surface area (Å²) in [6.45, 7) is 5.89. The first-order chi connectivity index (χ1) is 16.7. The van der Waals surface area contributed by atoms with Crippen LogP contribution in [0.5, 0.6) is 17.2 Å². The predicted octanol–water partition coefficient (Wildman–Crippen LogP) is 5.89. The minimum absolute atomic E-state index is 0.0390. The minimum Gasteiger partial charge on any atom is -0.494 e. The number of carbonyl (C=O) groups excluding carboxylic acids is 1. The van der Waals surface area contributed by atoms with Crippen LogP contribution in [0.3, 0.4) is 0 Å². The molecule has 2 aromatic carbocycles. The Kier molecular flexibility index (Phi) is 6.77. The molecule has 7 nitrogen and oxygen atoms in total. The molecule has 1 aromatic heterocycles. The number of hydrogen-bond acceptors (Lipinski definition) is 6. The summed E-state index contributed by atoms with van der Waals surface area (Å²) in [6.07, 6.45) is 3.00. The Bertz CT molecular complexity index is 1350. The Morgan fingerprint density at radius 1 is 1.17 bits per heavy atom. The molecular formula is C26H25F2NO6. The fraction of sp³-hybridized carbons (Fsp3) is 0.308. The van der Waals surface area contributed by atoms with Crippen LogP contribution in [0.25, 0.3) is 17.1 Å². The van der Waals surface area contributed by atoms with Gasteiger partial charge in [0.2, 0.25) is 11.2 Å². The van der Waals surface area contributed by atoms with Crippen molar-refractivity contribution in [3.8, 4) is 17.2 Å². The average Bonchev–Trinajstić information content (AvgIpc) is 2.83. The van der Waals surface area contributed by atoms with Crippen molar-refractivity contribution in [3.63, 3.8) is 0 Å². The topological polar surface area (TPSA) is 76.0 Å². The van der Waals surface area contributed by atoms with Crippen molar-refractivity contribution in [2.75, 3.05) is 13.2 Å². The van der Waals surface area contributed by atoms with Crippen LogP contribution in [0.2, 0.25) is 0 Å². The molecule has 0 fully saturated rings. The van der Waals surface area contributed by atoms with E-state index >= 15 is 0 Å². The van der Waals surface area contributed by atoms with E-state index in [-0.39, 0.29) is 23.3 Å². The second kappa shape index (κ2) is 9.77. The van der Waals surface area contributed by atoms with Crippen LogP contribution in [-0.2, 0) is 4.74 Å². The van der Waals surface area contributed by atoms with Crippen molar-refractivity contribution in [3.05, 3.63) is 70.2 Å². The molecule has 0 atom stereocenters. The van der Waals surface area contributed by atoms with Gasteiger partial charge in [-0.1, -0.05) is 32.0 Å². The summed E-state index contributed by atoms with van der Waals surface area (Å²) in [5.74, 6) is -2.13. The number of para-hydroxylation sites is 1. The number of ether oxygens (including phenoxy) is 4. The molecule has 4 rings (SSSR count). The van der Waals surface area contributed by atoms with Crippen LogP contribution < -0.4 is 19.6 Å². The highest BCUT2D eigenvalue weighted by Gasteiger charge is 2.32. The molecule has 0 bridgehead atoms. The standard InChI is InChI=1S/C26H25F2NO6/c1-4-32-25(31)34-19-14-29-15-20(26(2,3)11-8-12-33-16-9-6-5-7-10-16)35-24-21(28)18(27)13-17(22(24)29)23(19)30/h5-7,9-10,13-15H,4,8,11-12H2,1-3H3. The van der Waals surface area contributed by atoms with Gasteiger partial charge in [-0.3, -0.25) is 4.79 Å². The largest absolute Gasteiger partial charge is 0.514 e. The van der Waals surface area contributed by atoms with Crippen molar-refractivity contribution < 1.29 is 32.5 Å². The van der Waals surface area contributed by atoms with E-state index < -0.39 is 34.4 Å². The first kappa shape index (κ1) is 24.3. The zero-order valence-corrected chi connectivity index (χ0v) is 19.6. The molecule has 2 heterocycles. The number of benzene rings is 2. The van der Waals surface area contributed by atoms with E-state index in [4.69, 9.17) is 18.9 Å². The molecule has 9 heteroatoms. The number of halogens is 2. The van der Waals surface area contributed by atoms with Crippen LogP contribution >= 0.6 is 0 Å². The van der Waals surface area contributed by atoms with Crippen molar-refractivity contribution in [2.45, 2.75) is 33.6 Å². The summed E-state index contributed by atoms with van der Waals surface area (Å²) in [6, 6.07) is 10.2. The van der Waals surface area contributed by atoms with Gasteiger partial charge >= 0.3 is 6.16 Å². The van der Waals surface area contributed by atoms with Gasteiger partial charge in [-0.05, 0) is 38.0 Å². The van der Waals surface area contributed by atoms with E-state index in [1.807, 2.05) is 44.2 Å². The third-order valence-electron chi connectivity index (χ3n) is 5.68. The summed E-state index contributed by atoms with van der Waals surface area (Å²) in [4.78, 5) is 24.6. The van der Waals surface area contributed by atoms with Crippen LogP contribution in [0.1, 0.15) is 33.6 Å². The van der Waals surface area contributed by atoms with E-state index in [1.165, 1.54) is 10.8 Å². The molecule has 1 aliphatic heterocycles. The van der Waals surface area contributed by atoms with Gasteiger partial charge in [0, 0.05) is 11.6 Å². The van der Waals surface area contributed by atoms with Gasteiger partial charge < -0.3 is 23.5 Å². The number of nitrogens with zero attached hydrogens (tertiary/aromatic N) is 1. The predicted molar refractivity (Wildman–Crippen MR) is 126 cm³/mol. The van der Waals surface area contributed by atoms with Crippen molar-refractivity contribution in [1.82, 2.24) is 4.57 Å². The summed E-state index contributed by atoms with van der Waals surface area (Å²) in [5.41, 5.74) is -1.35. The SMILES string of the molecule is CCOC(=O)Oc1cn2c3c(c(F)c(F)cc3c1=O)OC(C(C)(C)CCCOc1ccccc1)=C2. The summed E-state index contributed by atoms with van der Waals surface area (Å²) in [5, 5.41) is -0.190. The maximum Gasteiger partial charge on any atom is 0.514 e. The van der Waals surface area contributed by atoms with Gasteiger partial charge in [0.1, 0.15) is 17.0 Å². The fourth-order valence-corrected chi connectivity index (χ4v) is 3.83. The van der Waals surface area contributed by atoms with E-state index in [1.54, 1.807) is 13.1 Å². The van der Waals surface area contributed by atoms with E-state index in [0.29, 0.717) is 25.2 Å². The lowest BCUT2D eigenvalue weighted by Crippen LogP contribution is -2.25. The third-order valence-corrected chi connectivity index (χ3v) is 5.68. The Morgan fingerprint density at radius 2 is 1.91 bits per heavy atom. The minimum atomic E-state index is -1.25. The number of rotatable bonds is 8. The lowest BCUT2D eigenvalue weighted by molar-refractivity contribution is 0.104. The number of hydrogen-bond donors (Lipinski definition) is 0. The molecule has 3 aromatic rings. The monoisotopic (exact) mass is 485 g/mol. The first-order valence-corrected chi connectivity index (χ1v) is 11.2. The summed E-state index contributed by atoms with van der Waals surface area (Å²) in [7, 11) is 0. The highest BCUT2D eigenvalue weighted by molar-refractivity contribution is 5.89. The number of pyridine rings is 1. The lowest BCUT2D eigenvalue weighted by Gasteiger charge is -2.31. The van der Waals surface area contributed by atoms with E-state index in [0.717, 1.165) is 11.8 Å². The molecule has 35 heavy (non-hydrogen) atoms. The maximum atomic E-state index is 14.8. The summed E-state index contributed by atoms with van der Waals surface area (Å²) >= 11 is 0. The van der Waals surface area contributed by atoms with E-state index in [2.05, 4.69) is 0 Å². The summed E-state index contributed by atoms with van der Waals surface area (Å²) < 4.78 is 51.9. The highest BCUT2D eigenvalue weighted by Crippen LogP contribution is 2.41. The zero-order valence-electron chi connectivity index (χ0n) is 19.6.